The minimum atomic E-state index is -0.779. The zero-order valence-corrected chi connectivity index (χ0v) is 24.4. The number of rotatable bonds is 8. The van der Waals surface area contributed by atoms with E-state index in [9.17, 15) is 24.0 Å². The Labute approximate surface area is 238 Å². The number of carbonyl (C=O) groups excluding carboxylic acids is 4. The molecule has 0 unspecified atom stereocenters. The van der Waals surface area contributed by atoms with Crippen molar-refractivity contribution in [2.45, 2.75) is 66.5 Å². The fourth-order valence-electron chi connectivity index (χ4n) is 4.41. The van der Waals surface area contributed by atoms with E-state index in [1.54, 1.807) is 0 Å². The normalized spacial score (nSPS) is 15.9. The van der Waals surface area contributed by atoms with Crippen LogP contribution in [0.25, 0.3) is 0 Å². The fraction of sp³-hybridized carbons (Fsp3) is 0.500. The molecule has 1 fully saturated rings. The van der Waals surface area contributed by atoms with Gasteiger partial charge in [-0.15, -0.1) is 0 Å². The average Bonchev–Trinajstić information content (AvgIpc) is 2.85. The van der Waals surface area contributed by atoms with Crippen LogP contribution in [0.3, 0.4) is 0 Å². The first-order chi connectivity index (χ1) is 18.6. The summed E-state index contributed by atoms with van der Waals surface area (Å²) in [6, 6.07) is 7.76. The number of nitrogens with one attached hydrogen (secondary N) is 2. The summed E-state index contributed by atoms with van der Waals surface area (Å²) in [4.78, 5) is 69.3. The number of piperidine rings is 1. The van der Waals surface area contributed by atoms with Crippen LogP contribution in [0, 0.1) is 10.8 Å². The van der Waals surface area contributed by atoms with E-state index in [2.05, 4.69) is 15.6 Å². The van der Waals surface area contributed by atoms with Crippen LogP contribution in [0.4, 0.5) is 10.6 Å². The summed E-state index contributed by atoms with van der Waals surface area (Å²) < 4.78 is 5.87. The first kappa shape index (κ1) is 30.8. The molecule has 0 radical (unpaired) electrons. The summed E-state index contributed by atoms with van der Waals surface area (Å²) in [6.45, 7) is 8.84. The van der Waals surface area contributed by atoms with Gasteiger partial charge in [0.05, 0.1) is 18.8 Å². The molecule has 1 atom stereocenters. The Morgan fingerprint density at radius 1 is 1.10 bits per heavy atom. The molecule has 216 valence electrons. The third kappa shape index (κ3) is 7.68. The molecule has 0 saturated carbocycles. The monoisotopic (exact) mass is 573 g/mol. The van der Waals surface area contributed by atoms with Gasteiger partial charge in [-0.2, -0.15) is 0 Å². The lowest BCUT2D eigenvalue weighted by molar-refractivity contribution is -0.153. The van der Waals surface area contributed by atoms with Crippen LogP contribution in [-0.4, -0.2) is 58.0 Å². The highest BCUT2D eigenvalue weighted by atomic mass is 35.5. The van der Waals surface area contributed by atoms with Crippen molar-refractivity contribution in [3.63, 3.8) is 0 Å². The second-order valence-electron chi connectivity index (χ2n) is 11.8. The van der Waals surface area contributed by atoms with E-state index in [0.717, 1.165) is 10.1 Å². The molecule has 2 heterocycles. The van der Waals surface area contributed by atoms with E-state index in [4.69, 9.17) is 16.3 Å². The number of amides is 4. The zero-order chi connectivity index (χ0) is 29.8. The molecule has 2 N–H and O–H groups in total. The van der Waals surface area contributed by atoms with Gasteiger partial charge in [-0.1, -0.05) is 76.6 Å². The molecule has 1 saturated heterocycles. The highest BCUT2D eigenvalue weighted by Crippen LogP contribution is 2.32. The van der Waals surface area contributed by atoms with Gasteiger partial charge in [-0.3, -0.25) is 34.0 Å². The summed E-state index contributed by atoms with van der Waals surface area (Å²) >= 11 is 6.45. The number of likely N-dealkylation sites (tertiary alicyclic amines) is 1. The summed E-state index contributed by atoms with van der Waals surface area (Å²) in [5, 5.41) is 5.13. The van der Waals surface area contributed by atoms with Crippen LogP contribution in [0.2, 0.25) is 5.15 Å². The van der Waals surface area contributed by atoms with E-state index >= 15 is 0 Å². The summed E-state index contributed by atoms with van der Waals surface area (Å²) in [6.07, 6.45) is 0.657. The number of carbonyl (C=O) groups is 4. The molecule has 12 heteroatoms. The van der Waals surface area contributed by atoms with Crippen LogP contribution in [0.5, 0.6) is 0 Å². The van der Waals surface area contributed by atoms with Gasteiger partial charge in [0.1, 0.15) is 6.54 Å². The molecular formula is C28H36ClN5O6. The largest absolute Gasteiger partial charge is 0.468 e. The number of anilines is 1. The van der Waals surface area contributed by atoms with Crippen molar-refractivity contribution < 1.29 is 23.9 Å². The third-order valence-corrected chi connectivity index (χ3v) is 7.06. The SMILES string of the molecule is COC(=O)Cn1c(Cc2ccccc2)c(Cl)nc(NC(=O)N[C@H](CN2C(=O)CC(C)(C)CC2=O)C(C)(C)C)c1=O. The minimum Gasteiger partial charge on any atom is -0.468 e. The lowest BCUT2D eigenvalue weighted by Gasteiger charge is -2.39. The summed E-state index contributed by atoms with van der Waals surface area (Å²) in [7, 11) is 1.20. The third-order valence-electron chi connectivity index (χ3n) is 6.76. The predicted molar refractivity (Wildman–Crippen MR) is 150 cm³/mol. The van der Waals surface area contributed by atoms with Gasteiger partial charge in [-0.25, -0.2) is 9.78 Å². The van der Waals surface area contributed by atoms with Crippen LogP contribution < -0.4 is 16.2 Å². The van der Waals surface area contributed by atoms with E-state index in [-0.39, 0.29) is 54.3 Å². The lowest BCUT2D eigenvalue weighted by atomic mass is 9.80. The topological polar surface area (TPSA) is 140 Å². The molecule has 1 aromatic heterocycles. The van der Waals surface area contributed by atoms with Crippen molar-refractivity contribution in [3.05, 3.63) is 57.1 Å². The van der Waals surface area contributed by atoms with Crippen LogP contribution in [-0.2, 0) is 32.1 Å². The summed E-state index contributed by atoms with van der Waals surface area (Å²) in [5.41, 5.74) is -0.603. The maximum atomic E-state index is 13.4. The first-order valence-electron chi connectivity index (χ1n) is 12.9. The van der Waals surface area contributed by atoms with Crippen LogP contribution in [0.15, 0.2) is 35.1 Å². The first-order valence-corrected chi connectivity index (χ1v) is 13.3. The van der Waals surface area contributed by atoms with Crippen LogP contribution in [0.1, 0.15) is 58.7 Å². The second-order valence-corrected chi connectivity index (χ2v) is 12.1. The number of hydrogen-bond acceptors (Lipinski definition) is 7. The molecule has 1 aromatic carbocycles. The molecule has 0 spiro atoms. The van der Waals surface area contributed by atoms with Crippen molar-refractivity contribution in [1.29, 1.82) is 0 Å². The number of hydrogen-bond donors (Lipinski definition) is 2. The Morgan fingerprint density at radius 3 is 2.25 bits per heavy atom. The van der Waals surface area contributed by atoms with Gasteiger partial charge in [0.15, 0.2) is 5.15 Å². The Hall–Kier alpha value is -3.73. The summed E-state index contributed by atoms with van der Waals surface area (Å²) in [5.74, 6) is -1.67. The van der Waals surface area contributed by atoms with E-state index in [0.29, 0.717) is 0 Å². The van der Waals surface area contributed by atoms with Gasteiger partial charge < -0.3 is 10.1 Å². The molecule has 1 aliphatic heterocycles. The number of urea groups is 1. The van der Waals surface area contributed by atoms with E-state index < -0.39 is 41.0 Å². The highest BCUT2D eigenvalue weighted by Gasteiger charge is 2.40. The number of methoxy groups -OCH3 is 1. The molecular weight excluding hydrogens is 538 g/mol. The number of benzene rings is 1. The molecule has 2 aromatic rings. The van der Waals surface area contributed by atoms with E-state index in [1.807, 2.05) is 65.0 Å². The smallest absolute Gasteiger partial charge is 0.325 e. The molecule has 4 amide bonds. The van der Waals surface area contributed by atoms with Crippen molar-refractivity contribution in [2.75, 3.05) is 19.0 Å². The van der Waals surface area contributed by atoms with Crippen molar-refractivity contribution in [2.24, 2.45) is 10.8 Å². The number of esters is 1. The van der Waals surface area contributed by atoms with Gasteiger partial charge in [0.2, 0.25) is 17.6 Å². The molecule has 0 aliphatic carbocycles. The highest BCUT2D eigenvalue weighted by molar-refractivity contribution is 6.30. The minimum absolute atomic E-state index is 0.0264. The predicted octanol–water partition coefficient (Wildman–Crippen LogP) is 3.37. The number of ether oxygens (including phenoxy) is 1. The van der Waals surface area contributed by atoms with Gasteiger partial charge in [0.25, 0.3) is 5.56 Å². The van der Waals surface area contributed by atoms with Crippen molar-refractivity contribution >= 4 is 41.2 Å². The number of imide groups is 1. The Morgan fingerprint density at radius 2 is 1.70 bits per heavy atom. The van der Waals surface area contributed by atoms with Crippen LogP contribution >= 0.6 is 11.6 Å². The Bertz CT molecular complexity index is 1330. The quantitative estimate of drug-likeness (QED) is 0.364. The Kier molecular flexibility index (Phi) is 9.40. The molecule has 0 bridgehead atoms. The number of aromatic nitrogens is 2. The number of halogens is 1. The van der Waals surface area contributed by atoms with Gasteiger partial charge in [-0.05, 0) is 16.4 Å². The van der Waals surface area contributed by atoms with Crippen molar-refractivity contribution in [1.82, 2.24) is 19.8 Å². The lowest BCUT2D eigenvalue weighted by Crippen LogP contribution is -2.56. The van der Waals surface area contributed by atoms with Gasteiger partial charge >= 0.3 is 12.0 Å². The molecule has 1 aliphatic rings. The maximum absolute atomic E-state index is 13.4. The van der Waals surface area contributed by atoms with E-state index in [1.165, 1.54) is 12.0 Å². The fourth-order valence-corrected chi connectivity index (χ4v) is 4.66. The molecule has 40 heavy (non-hydrogen) atoms. The molecule has 3 rings (SSSR count). The average molecular weight is 574 g/mol. The van der Waals surface area contributed by atoms with Gasteiger partial charge in [0, 0.05) is 25.8 Å². The zero-order valence-electron chi connectivity index (χ0n) is 23.7. The van der Waals surface area contributed by atoms with Crippen molar-refractivity contribution in [3.8, 4) is 0 Å². The maximum Gasteiger partial charge on any atom is 0.325 e. The number of nitrogens with zero attached hydrogens (tertiary/aromatic N) is 3. The Balaban J connectivity index is 1.86. The second kappa shape index (κ2) is 12.2. The standard InChI is InChI=1S/C28H36ClN5O6/c1-27(2,3)19(15-34-20(35)13-28(4,5)14-21(34)36)30-26(39)32-24-25(38)33(16-22(37)40-6)18(23(29)31-24)12-17-10-8-7-9-11-17/h7-11,19H,12-16H2,1-6H3,(H2,30,31,32,39)/t19-/m1/s1. The molecule has 11 nitrogen and oxygen atoms in total.